The second kappa shape index (κ2) is 7.08. The standard InChI is InChI=1S/C18H25N7O4/c1-10-13(28-8-11-5-3-2-4-6-11)7-24-15(19)22-12(9-29-17(21)26)14-18(10,24)25(27)16(20)23-14/h2-6,10,12-14,27H,7-9H2,1H3,(H2,19,22)(H2,20,23)(H2,21,26). The largest absolute Gasteiger partial charge is 0.447 e. The Labute approximate surface area is 167 Å². The fourth-order valence-corrected chi connectivity index (χ4v) is 4.57. The maximum atomic E-state index is 11.1. The van der Waals surface area contributed by atoms with Gasteiger partial charge in [-0.25, -0.2) is 14.8 Å². The summed E-state index contributed by atoms with van der Waals surface area (Å²) in [5.41, 5.74) is 17.2. The van der Waals surface area contributed by atoms with E-state index in [1.165, 1.54) is 0 Å². The van der Waals surface area contributed by atoms with Gasteiger partial charge in [0, 0.05) is 12.5 Å². The number of benzene rings is 1. The van der Waals surface area contributed by atoms with Crippen LogP contribution >= 0.6 is 0 Å². The molecule has 29 heavy (non-hydrogen) atoms. The van der Waals surface area contributed by atoms with Crippen molar-refractivity contribution >= 4 is 18.0 Å². The van der Waals surface area contributed by atoms with Crippen LogP contribution < -0.4 is 17.2 Å². The molecule has 0 aromatic heterocycles. The minimum absolute atomic E-state index is 0.0514. The van der Waals surface area contributed by atoms with Crippen LogP contribution in [0.2, 0.25) is 0 Å². The maximum Gasteiger partial charge on any atom is 0.404 e. The highest BCUT2D eigenvalue weighted by Crippen LogP contribution is 2.48. The molecule has 0 radical (unpaired) electrons. The molecule has 4 rings (SSSR count). The molecular formula is C18H25N7O4. The van der Waals surface area contributed by atoms with Crippen LogP contribution in [0.5, 0.6) is 0 Å². The van der Waals surface area contributed by atoms with Gasteiger partial charge in [0.25, 0.3) is 0 Å². The van der Waals surface area contributed by atoms with E-state index < -0.39 is 23.8 Å². The summed E-state index contributed by atoms with van der Waals surface area (Å²) in [6.45, 7) is 2.65. The molecule has 156 valence electrons. The number of hydroxylamine groups is 2. The minimum atomic E-state index is -1.08. The molecular weight excluding hydrogens is 378 g/mol. The molecule has 1 aromatic carbocycles. The van der Waals surface area contributed by atoms with Crippen LogP contribution in [0, 0.1) is 5.92 Å². The molecule has 1 spiro atoms. The normalized spacial score (nSPS) is 33.0. The first-order chi connectivity index (χ1) is 13.9. The summed E-state index contributed by atoms with van der Waals surface area (Å²) in [7, 11) is 0. The number of hydrogen-bond donors (Lipinski definition) is 4. The van der Waals surface area contributed by atoms with Gasteiger partial charge in [-0.2, -0.15) is 5.06 Å². The maximum absolute atomic E-state index is 11.1. The van der Waals surface area contributed by atoms with Gasteiger partial charge in [-0.3, -0.25) is 5.21 Å². The lowest BCUT2D eigenvalue weighted by Gasteiger charge is -2.49. The Morgan fingerprint density at radius 3 is 2.69 bits per heavy atom. The van der Waals surface area contributed by atoms with Gasteiger partial charge in [-0.15, -0.1) is 0 Å². The number of hydrogen-bond acceptors (Lipinski definition) is 10. The average molecular weight is 403 g/mol. The zero-order valence-electron chi connectivity index (χ0n) is 16.0. The van der Waals surface area contributed by atoms with E-state index in [4.69, 9.17) is 26.7 Å². The molecule has 11 nitrogen and oxygen atoms in total. The van der Waals surface area contributed by atoms with Crippen molar-refractivity contribution in [2.75, 3.05) is 13.2 Å². The number of ether oxygens (including phenoxy) is 2. The highest BCUT2D eigenvalue weighted by atomic mass is 16.5. The Bertz CT molecular complexity index is 848. The first kappa shape index (κ1) is 19.3. The van der Waals surface area contributed by atoms with E-state index >= 15 is 0 Å². The van der Waals surface area contributed by atoms with Crippen molar-refractivity contribution in [3.8, 4) is 0 Å². The lowest BCUT2D eigenvalue weighted by molar-refractivity contribution is -0.172. The van der Waals surface area contributed by atoms with Crippen molar-refractivity contribution in [2.45, 2.75) is 37.4 Å². The summed E-state index contributed by atoms with van der Waals surface area (Å²) in [6, 6.07) is 8.56. The van der Waals surface area contributed by atoms with E-state index in [1.807, 2.05) is 37.3 Å². The minimum Gasteiger partial charge on any atom is -0.447 e. The Hall–Kier alpha value is -3.05. The van der Waals surface area contributed by atoms with E-state index in [0.717, 1.165) is 10.6 Å². The van der Waals surface area contributed by atoms with E-state index in [-0.39, 0.29) is 30.5 Å². The summed E-state index contributed by atoms with van der Waals surface area (Å²) in [5, 5.41) is 11.8. The third-order valence-corrected chi connectivity index (χ3v) is 5.93. The number of guanidine groups is 2. The number of carbonyl (C=O) groups is 1. The molecule has 5 unspecified atom stereocenters. The summed E-state index contributed by atoms with van der Waals surface area (Å²) >= 11 is 0. The molecule has 3 aliphatic rings. The predicted octanol–water partition coefficient (Wildman–Crippen LogP) is -0.600. The second-order valence-electron chi connectivity index (χ2n) is 7.45. The van der Waals surface area contributed by atoms with Gasteiger partial charge < -0.3 is 31.6 Å². The molecule has 7 N–H and O–H groups in total. The van der Waals surface area contributed by atoms with Crippen molar-refractivity contribution < 1.29 is 19.5 Å². The van der Waals surface area contributed by atoms with Crippen LogP contribution in [0.4, 0.5) is 4.79 Å². The Balaban J connectivity index is 1.62. The van der Waals surface area contributed by atoms with Gasteiger partial charge in [-0.1, -0.05) is 37.3 Å². The molecule has 3 aliphatic heterocycles. The van der Waals surface area contributed by atoms with E-state index in [2.05, 4.69) is 9.98 Å². The Morgan fingerprint density at radius 2 is 2.00 bits per heavy atom. The van der Waals surface area contributed by atoms with Crippen molar-refractivity contribution in [3.63, 3.8) is 0 Å². The zero-order valence-corrected chi connectivity index (χ0v) is 16.0. The number of amides is 1. The van der Waals surface area contributed by atoms with Crippen LogP contribution in [0.1, 0.15) is 12.5 Å². The number of rotatable bonds is 5. The number of aliphatic imine (C=N–C) groups is 2. The zero-order chi connectivity index (χ0) is 20.8. The summed E-state index contributed by atoms with van der Waals surface area (Å²) < 4.78 is 11.1. The molecule has 1 fully saturated rings. The van der Waals surface area contributed by atoms with E-state index in [9.17, 15) is 10.0 Å². The van der Waals surface area contributed by atoms with Crippen molar-refractivity contribution in [3.05, 3.63) is 35.9 Å². The van der Waals surface area contributed by atoms with Gasteiger partial charge in [-0.05, 0) is 5.56 Å². The highest BCUT2D eigenvalue weighted by Gasteiger charge is 2.68. The number of primary amides is 1. The van der Waals surface area contributed by atoms with Crippen LogP contribution in [-0.4, -0.2) is 70.2 Å². The van der Waals surface area contributed by atoms with Gasteiger partial charge in [0.1, 0.15) is 18.7 Å². The van der Waals surface area contributed by atoms with Gasteiger partial charge >= 0.3 is 6.09 Å². The Kier molecular flexibility index (Phi) is 4.71. The van der Waals surface area contributed by atoms with Crippen LogP contribution in [0.15, 0.2) is 40.3 Å². The van der Waals surface area contributed by atoms with Gasteiger partial charge in [0.05, 0.1) is 12.7 Å². The van der Waals surface area contributed by atoms with Gasteiger partial charge in [0.15, 0.2) is 11.6 Å². The molecule has 0 aliphatic carbocycles. The van der Waals surface area contributed by atoms with Crippen LogP contribution in [-0.2, 0) is 16.1 Å². The Morgan fingerprint density at radius 1 is 1.28 bits per heavy atom. The molecule has 1 amide bonds. The summed E-state index contributed by atoms with van der Waals surface area (Å²) in [6.07, 6.45) is -1.19. The molecule has 1 saturated heterocycles. The second-order valence-corrected chi connectivity index (χ2v) is 7.45. The third kappa shape index (κ3) is 2.93. The predicted molar refractivity (Wildman–Crippen MR) is 104 cm³/mol. The summed E-state index contributed by atoms with van der Waals surface area (Å²) in [5.74, 6) is -0.0957. The molecule has 1 aromatic rings. The quantitative estimate of drug-likeness (QED) is 0.506. The van der Waals surface area contributed by atoms with Crippen LogP contribution in [0.3, 0.4) is 0 Å². The first-order valence-electron chi connectivity index (χ1n) is 9.36. The number of nitrogens with zero attached hydrogens (tertiary/aromatic N) is 4. The van der Waals surface area contributed by atoms with Crippen molar-refractivity contribution in [1.82, 2.24) is 9.96 Å². The fourth-order valence-electron chi connectivity index (χ4n) is 4.57. The fraction of sp³-hybridized carbons (Fsp3) is 0.500. The molecule has 11 heteroatoms. The van der Waals surface area contributed by atoms with Gasteiger partial charge in [0.2, 0.25) is 5.96 Å². The van der Waals surface area contributed by atoms with E-state index in [0.29, 0.717) is 13.2 Å². The van der Waals surface area contributed by atoms with Crippen LogP contribution in [0.25, 0.3) is 0 Å². The lowest BCUT2D eigenvalue weighted by atomic mass is 9.83. The average Bonchev–Trinajstić information content (AvgIpc) is 3.15. The number of nitrogens with two attached hydrogens (primary N) is 3. The third-order valence-electron chi connectivity index (χ3n) is 5.93. The molecule has 5 atom stereocenters. The molecule has 0 bridgehead atoms. The lowest BCUT2D eigenvalue weighted by Crippen LogP contribution is -2.71. The first-order valence-corrected chi connectivity index (χ1v) is 9.36. The topological polar surface area (TPSA) is 165 Å². The van der Waals surface area contributed by atoms with Crippen molar-refractivity contribution in [1.29, 1.82) is 0 Å². The number of carbonyl (C=O) groups excluding carboxylic acids is 1. The van der Waals surface area contributed by atoms with E-state index in [1.54, 1.807) is 4.90 Å². The molecule has 0 saturated carbocycles. The monoisotopic (exact) mass is 403 g/mol. The SMILES string of the molecule is CC1C(OCc2ccccc2)CN2C(N)=NC(COC(N)=O)C3N=C(N)N(O)C132. The highest BCUT2D eigenvalue weighted by molar-refractivity contribution is 5.86. The summed E-state index contributed by atoms with van der Waals surface area (Å²) in [4.78, 5) is 21.7. The van der Waals surface area contributed by atoms with Crippen molar-refractivity contribution in [2.24, 2.45) is 33.1 Å². The molecule has 3 heterocycles. The smallest absolute Gasteiger partial charge is 0.404 e.